The summed E-state index contributed by atoms with van der Waals surface area (Å²) in [5, 5.41) is 18.4. The fourth-order valence-corrected chi connectivity index (χ4v) is 2.22. The summed E-state index contributed by atoms with van der Waals surface area (Å²) in [7, 11) is 0. The molecule has 5 N–H and O–H groups in total. The third-order valence-electron chi connectivity index (χ3n) is 3.36. The molecule has 0 aromatic rings. The largest absolute Gasteiger partial charge is 0.481 e. The molecule has 0 aromatic carbocycles. The highest BCUT2D eigenvalue weighted by Gasteiger charge is 2.32. The lowest BCUT2D eigenvalue weighted by atomic mass is 9.84. The van der Waals surface area contributed by atoms with Crippen molar-refractivity contribution in [3.05, 3.63) is 0 Å². The zero-order valence-corrected chi connectivity index (χ0v) is 12.2. The molecule has 5 heteroatoms. The maximum absolute atomic E-state index is 11.2. The molecule has 0 bridgehead atoms. The molecular formula is C14H29NO4. The molecule has 2 atom stereocenters. The summed E-state index contributed by atoms with van der Waals surface area (Å²) in [6.07, 6.45) is 6.50. The lowest BCUT2D eigenvalue weighted by Crippen LogP contribution is -2.30. The van der Waals surface area contributed by atoms with Gasteiger partial charge in [0.2, 0.25) is 0 Å². The Morgan fingerprint density at radius 1 is 0.789 bits per heavy atom. The summed E-state index contributed by atoms with van der Waals surface area (Å²) in [4.78, 5) is 22.4. The van der Waals surface area contributed by atoms with Crippen molar-refractivity contribution in [3.63, 3.8) is 0 Å². The van der Waals surface area contributed by atoms with Gasteiger partial charge in [0.25, 0.3) is 0 Å². The van der Waals surface area contributed by atoms with Crippen molar-refractivity contribution in [2.75, 3.05) is 0 Å². The molecule has 0 amide bonds. The van der Waals surface area contributed by atoms with Gasteiger partial charge in [0.1, 0.15) is 0 Å². The van der Waals surface area contributed by atoms with Crippen LogP contribution in [0.1, 0.15) is 65.2 Å². The number of rotatable bonds is 11. The van der Waals surface area contributed by atoms with Crippen molar-refractivity contribution in [2.45, 2.75) is 65.2 Å². The van der Waals surface area contributed by atoms with Crippen molar-refractivity contribution < 1.29 is 19.8 Å². The molecule has 0 rings (SSSR count). The van der Waals surface area contributed by atoms with Crippen LogP contribution in [0.15, 0.2) is 0 Å². The molecule has 0 radical (unpaired) electrons. The number of carboxylic acids is 2. The minimum absolute atomic E-state index is 0. The van der Waals surface area contributed by atoms with E-state index in [0.717, 1.165) is 38.5 Å². The minimum atomic E-state index is -0.963. The molecule has 0 aliphatic heterocycles. The van der Waals surface area contributed by atoms with Crippen LogP contribution in [-0.2, 0) is 9.59 Å². The highest BCUT2D eigenvalue weighted by atomic mass is 16.4. The second-order valence-corrected chi connectivity index (χ2v) is 4.88. The van der Waals surface area contributed by atoms with Gasteiger partial charge in [0, 0.05) is 0 Å². The van der Waals surface area contributed by atoms with E-state index in [4.69, 9.17) is 0 Å². The number of carboxylic acid groups (broad SMARTS) is 2. The van der Waals surface area contributed by atoms with Crippen molar-refractivity contribution in [3.8, 4) is 0 Å². The third kappa shape index (κ3) is 8.59. The van der Waals surface area contributed by atoms with E-state index in [9.17, 15) is 19.8 Å². The summed E-state index contributed by atoms with van der Waals surface area (Å²) < 4.78 is 0. The molecule has 0 saturated carbocycles. The smallest absolute Gasteiger partial charge is 0.307 e. The Kier molecular flexibility index (Phi) is 12.7. The first-order chi connectivity index (χ1) is 8.54. The molecule has 114 valence electrons. The molecule has 0 fully saturated rings. The summed E-state index contributed by atoms with van der Waals surface area (Å²) in [5.41, 5.74) is 0. The Labute approximate surface area is 116 Å². The Morgan fingerprint density at radius 3 is 1.32 bits per heavy atom. The summed E-state index contributed by atoms with van der Waals surface area (Å²) in [5.74, 6) is -3.39. The number of hydrogen-bond acceptors (Lipinski definition) is 3. The van der Waals surface area contributed by atoms with Gasteiger partial charge in [-0.15, -0.1) is 0 Å². The fraction of sp³-hybridized carbons (Fsp3) is 0.857. The molecule has 0 heterocycles. The highest BCUT2D eigenvalue weighted by molar-refractivity contribution is 5.79. The summed E-state index contributed by atoms with van der Waals surface area (Å²) in [6.45, 7) is 4.09. The van der Waals surface area contributed by atoms with Gasteiger partial charge >= 0.3 is 11.9 Å². The van der Waals surface area contributed by atoms with E-state index in [1.54, 1.807) is 0 Å². The van der Waals surface area contributed by atoms with Gasteiger partial charge in [-0.3, -0.25) is 9.59 Å². The standard InChI is InChI=1S/C14H26O4.H3N/c1-3-5-7-9-11(13(15)16)12(14(17)18)10-8-6-4-2;/h11-12H,3-10H2,1-2H3,(H,15,16)(H,17,18);1H3. The molecule has 0 aromatic heterocycles. The lowest BCUT2D eigenvalue weighted by Gasteiger charge is -2.20. The average molecular weight is 275 g/mol. The van der Waals surface area contributed by atoms with Crippen molar-refractivity contribution in [2.24, 2.45) is 11.8 Å². The van der Waals surface area contributed by atoms with Crippen LogP contribution < -0.4 is 6.15 Å². The monoisotopic (exact) mass is 275 g/mol. The molecular weight excluding hydrogens is 246 g/mol. The zero-order chi connectivity index (χ0) is 14.0. The number of unbranched alkanes of at least 4 members (excludes halogenated alkanes) is 4. The summed E-state index contributed by atoms with van der Waals surface area (Å²) >= 11 is 0. The maximum atomic E-state index is 11.2. The van der Waals surface area contributed by atoms with Gasteiger partial charge in [-0.1, -0.05) is 52.4 Å². The summed E-state index contributed by atoms with van der Waals surface area (Å²) in [6, 6.07) is 0. The van der Waals surface area contributed by atoms with Gasteiger partial charge in [-0.2, -0.15) is 0 Å². The van der Waals surface area contributed by atoms with Crippen LogP contribution in [-0.4, -0.2) is 22.2 Å². The molecule has 0 aliphatic rings. The zero-order valence-electron chi connectivity index (χ0n) is 12.2. The maximum Gasteiger partial charge on any atom is 0.307 e. The highest BCUT2D eigenvalue weighted by Crippen LogP contribution is 2.25. The Bertz CT molecular complexity index is 230. The molecule has 5 nitrogen and oxygen atoms in total. The van der Waals surface area contributed by atoms with E-state index in [-0.39, 0.29) is 6.15 Å². The van der Waals surface area contributed by atoms with E-state index >= 15 is 0 Å². The molecule has 0 spiro atoms. The predicted molar refractivity (Wildman–Crippen MR) is 75.6 cm³/mol. The van der Waals surface area contributed by atoms with Crippen LogP contribution in [0.5, 0.6) is 0 Å². The van der Waals surface area contributed by atoms with E-state index in [1.165, 1.54) is 0 Å². The number of hydrogen-bond donors (Lipinski definition) is 3. The van der Waals surface area contributed by atoms with E-state index < -0.39 is 23.8 Å². The van der Waals surface area contributed by atoms with Gasteiger partial charge in [0.05, 0.1) is 11.8 Å². The molecule has 19 heavy (non-hydrogen) atoms. The fourth-order valence-electron chi connectivity index (χ4n) is 2.22. The Balaban J connectivity index is 0. The first-order valence-corrected chi connectivity index (χ1v) is 7.00. The van der Waals surface area contributed by atoms with Crippen LogP contribution in [0.25, 0.3) is 0 Å². The van der Waals surface area contributed by atoms with Crippen molar-refractivity contribution >= 4 is 11.9 Å². The average Bonchev–Trinajstić information content (AvgIpc) is 2.31. The van der Waals surface area contributed by atoms with Crippen LogP contribution in [0.4, 0.5) is 0 Å². The first kappa shape index (κ1) is 20.2. The second kappa shape index (κ2) is 12.0. The number of carbonyl (C=O) groups is 2. The van der Waals surface area contributed by atoms with Gasteiger partial charge in [-0.05, 0) is 12.8 Å². The van der Waals surface area contributed by atoms with Crippen LogP contribution >= 0.6 is 0 Å². The first-order valence-electron chi connectivity index (χ1n) is 7.00. The topological polar surface area (TPSA) is 110 Å². The normalized spacial score (nSPS) is 13.4. The lowest BCUT2D eigenvalue weighted by molar-refractivity contribution is -0.154. The van der Waals surface area contributed by atoms with Crippen molar-refractivity contribution in [1.82, 2.24) is 6.15 Å². The van der Waals surface area contributed by atoms with E-state index in [0.29, 0.717) is 12.8 Å². The number of aliphatic carboxylic acids is 2. The second-order valence-electron chi connectivity index (χ2n) is 4.88. The van der Waals surface area contributed by atoms with E-state index in [1.807, 2.05) is 13.8 Å². The minimum Gasteiger partial charge on any atom is -0.481 e. The SMILES string of the molecule is CCCCCC(C(=O)O)C(CCCCC)C(=O)O.N. The van der Waals surface area contributed by atoms with Gasteiger partial charge in [-0.25, -0.2) is 0 Å². The Hall–Kier alpha value is -1.10. The molecule has 2 unspecified atom stereocenters. The molecule has 0 saturated heterocycles. The van der Waals surface area contributed by atoms with Crippen LogP contribution in [0.3, 0.4) is 0 Å². The predicted octanol–water partition coefficient (Wildman–Crippen LogP) is 3.71. The third-order valence-corrected chi connectivity index (χ3v) is 3.36. The Morgan fingerprint density at radius 2 is 1.11 bits per heavy atom. The molecule has 0 aliphatic carbocycles. The van der Waals surface area contributed by atoms with Crippen molar-refractivity contribution in [1.29, 1.82) is 0 Å². The van der Waals surface area contributed by atoms with Crippen LogP contribution in [0.2, 0.25) is 0 Å². The quantitative estimate of drug-likeness (QED) is 0.498. The van der Waals surface area contributed by atoms with Gasteiger partial charge < -0.3 is 16.4 Å². The van der Waals surface area contributed by atoms with Crippen LogP contribution in [0, 0.1) is 11.8 Å². The van der Waals surface area contributed by atoms with Gasteiger partial charge in [0.15, 0.2) is 0 Å². The van der Waals surface area contributed by atoms with E-state index in [2.05, 4.69) is 0 Å².